The van der Waals surface area contributed by atoms with Gasteiger partial charge in [-0.2, -0.15) is 0 Å². The maximum Gasteiger partial charge on any atom is 0.251 e. The normalized spacial score (nSPS) is 11.6. The van der Waals surface area contributed by atoms with Crippen molar-refractivity contribution in [2.75, 3.05) is 25.6 Å². The molecule has 0 aliphatic rings. The van der Waals surface area contributed by atoms with Crippen LogP contribution in [0.2, 0.25) is 0 Å². The van der Waals surface area contributed by atoms with Gasteiger partial charge in [0.1, 0.15) is 5.82 Å². The molecule has 0 bridgehead atoms. The van der Waals surface area contributed by atoms with Gasteiger partial charge in [-0.3, -0.25) is 9.78 Å². The Kier molecular flexibility index (Phi) is 6.82. The lowest BCUT2D eigenvalue weighted by Gasteiger charge is -2.16. The molecule has 0 aliphatic carbocycles. The van der Waals surface area contributed by atoms with E-state index in [0.29, 0.717) is 22.8 Å². The van der Waals surface area contributed by atoms with Crippen LogP contribution in [0.3, 0.4) is 0 Å². The number of methoxy groups -OCH3 is 1. The van der Waals surface area contributed by atoms with E-state index in [-0.39, 0.29) is 30.9 Å². The van der Waals surface area contributed by atoms with E-state index >= 15 is 0 Å². The minimum Gasteiger partial charge on any atom is -0.504 e. The number of aromatic nitrogens is 2. The Morgan fingerprint density at radius 1 is 1.17 bits per heavy atom. The van der Waals surface area contributed by atoms with Gasteiger partial charge in [0.25, 0.3) is 5.91 Å². The molecule has 1 aromatic heterocycles. The van der Waals surface area contributed by atoms with Crippen molar-refractivity contribution in [3.8, 4) is 22.8 Å². The topological polar surface area (TPSA) is 117 Å². The van der Waals surface area contributed by atoms with E-state index in [1.807, 2.05) is 19.1 Å². The fourth-order valence-corrected chi connectivity index (χ4v) is 2.91. The van der Waals surface area contributed by atoms with E-state index in [2.05, 4.69) is 20.6 Å². The van der Waals surface area contributed by atoms with Gasteiger partial charge in [0, 0.05) is 23.7 Å². The lowest BCUT2D eigenvalue weighted by Crippen LogP contribution is -2.26. The van der Waals surface area contributed by atoms with E-state index in [4.69, 9.17) is 9.84 Å². The Labute approximate surface area is 174 Å². The van der Waals surface area contributed by atoms with Crippen LogP contribution >= 0.6 is 0 Å². The number of carbonyl (C=O) groups is 1. The zero-order valence-corrected chi connectivity index (χ0v) is 16.8. The molecule has 1 heterocycles. The first kappa shape index (κ1) is 21.1. The monoisotopic (exact) mass is 408 g/mol. The first-order valence-corrected chi connectivity index (χ1v) is 9.46. The number of aliphatic hydroxyl groups is 1. The van der Waals surface area contributed by atoms with Crippen LogP contribution < -0.4 is 15.4 Å². The number of nitrogens with one attached hydrogen (secondary N) is 2. The standard InChI is InChI=1S/C22H24N4O4/c1-14(15-3-5-16(6-4-15)22(29)24-9-10-27)25-21-13-23-12-18(26-21)17-7-8-19(28)20(11-17)30-2/h3-8,11-14,27-28H,9-10H2,1-2H3,(H,24,29)(H,25,26)/t14-/m1/s1. The maximum atomic E-state index is 11.9. The van der Waals surface area contributed by atoms with Gasteiger partial charge in [0.15, 0.2) is 11.5 Å². The van der Waals surface area contributed by atoms with Gasteiger partial charge >= 0.3 is 0 Å². The predicted octanol–water partition coefficient (Wildman–Crippen LogP) is 2.75. The summed E-state index contributed by atoms with van der Waals surface area (Å²) in [5.74, 6) is 0.797. The van der Waals surface area contributed by atoms with Gasteiger partial charge in [0.2, 0.25) is 0 Å². The van der Waals surface area contributed by atoms with Crippen LogP contribution in [0.5, 0.6) is 11.5 Å². The highest BCUT2D eigenvalue weighted by Crippen LogP contribution is 2.31. The third-order valence-corrected chi connectivity index (χ3v) is 4.54. The van der Waals surface area contributed by atoms with E-state index in [1.54, 1.807) is 42.7 Å². The second-order valence-electron chi connectivity index (χ2n) is 6.64. The Hall–Kier alpha value is -3.65. The number of ether oxygens (including phenoxy) is 1. The smallest absolute Gasteiger partial charge is 0.251 e. The molecule has 0 spiro atoms. The molecule has 3 aromatic rings. The van der Waals surface area contributed by atoms with Crippen molar-refractivity contribution < 1.29 is 19.7 Å². The van der Waals surface area contributed by atoms with Crippen LogP contribution in [0.15, 0.2) is 54.9 Å². The molecule has 0 fully saturated rings. The molecule has 1 atom stereocenters. The van der Waals surface area contributed by atoms with Crippen LogP contribution in [0, 0.1) is 0 Å². The number of carbonyl (C=O) groups excluding carboxylic acids is 1. The quantitative estimate of drug-likeness (QED) is 0.453. The molecule has 0 saturated heterocycles. The zero-order chi connectivity index (χ0) is 21.5. The highest BCUT2D eigenvalue weighted by molar-refractivity contribution is 5.94. The van der Waals surface area contributed by atoms with Gasteiger partial charge in [-0.15, -0.1) is 0 Å². The zero-order valence-electron chi connectivity index (χ0n) is 16.8. The minimum atomic E-state index is -0.223. The van der Waals surface area contributed by atoms with Gasteiger partial charge in [-0.1, -0.05) is 12.1 Å². The number of hydrogen-bond acceptors (Lipinski definition) is 7. The molecular formula is C22H24N4O4. The molecule has 0 unspecified atom stereocenters. The molecule has 0 radical (unpaired) electrons. The number of phenols is 1. The van der Waals surface area contributed by atoms with Gasteiger partial charge < -0.3 is 25.6 Å². The van der Waals surface area contributed by atoms with E-state index in [1.165, 1.54) is 7.11 Å². The summed E-state index contributed by atoms with van der Waals surface area (Å²) in [4.78, 5) is 20.8. The molecule has 0 aliphatic heterocycles. The molecule has 156 valence electrons. The van der Waals surface area contributed by atoms with Crippen LogP contribution in [0.25, 0.3) is 11.3 Å². The number of aromatic hydroxyl groups is 1. The summed E-state index contributed by atoms with van der Waals surface area (Å²) in [5.41, 5.74) is 2.92. The molecule has 0 saturated carbocycles. The van der Waals surface area contributed by atoms with Gasteiger partial charge in [-0.05, 0) is 42.8 Å². The fourth-order valence-electron chi connectivity index (χ4n) is 2.91. The van der Waals surface area contributed by atoms with Crippen molar-refractivity contribution in [3.05, 3.63) is 66.0 Å². The number of amides is 1. The Balaban J connectivity index is 1.72. The first-order chi connectivity index (χ1) is 14.5. The molecule has 8 heteroatoms. The SMILES string of the molecule is COc1cc(-c2cncc(N[C@H](C)c3ccc(C(=O)NCCO)cc3)n2)ccc1O. The predicted molar refractivity (Wildman–Crippen MR) is 114 cm³/mol. The number of phenolic OH excluding ortho intramolecular Hbond substituents is 1. The third-order valence-electron chi connectivity index (χ3n) is 4.54. The first-order valence-electron chi connectivity index (χ1n) is 9.46. The fraction of sp³-hybridized carbons (Fsp3) is 0.227. The van der Waals surface area contributed by atoms with Crippen LogP contribution in [-0.4, -0.2) is 46.3 Å². The number of nitrogens with zero attached hydrogens (tertiary/aromatic N) is 2. The number of benzene rings is 2. The summed E-state index contributed by atoms with van der Waals surface area (Å²) < 4.78 is 5.15. The summed E-state index contributed by atoms with van der Waals surface area (Å²) in [6.07, 6.45) is 3.27. The molecule has 2 aromatic carbocycles. The Bertz CT molecular complexity index is 1010. The van der Waals surface area contributed by atoms with Crippen molar-refractivity contribution in [1.82, 2.24) is 15.3 Å². The summed E-state index contributed by atoms with van der Waals surface area (Å²) in [6.45, 7) is 2.11. The van der Waals surface area contributed by atoms with E-state index < -0.39 is 0 Å². The number of aliphatic hydroxyl groups excluding tert-OH is 1. The van der Waals surface area contributed by atoms with E-state index in [9.17, 15) is 9.90 Å². The summed E-state index contributed by atoms with van der Waals surface area (Å²) in [6, 6.07) is 12.1. The highest BCUT2D eigenvalue weighted by Gasteiger charge is 2.11. The maximum absolute atomic E-state index is 11.9. The number of rotatable bonds is 8. The Morgan fingerprint density at radius 2 is 1.93 bits per heavy atom. The van der Waals surface area contributed by atoms with Crippen molar-refractivity contribution in [3.63, 3.8) is 0 Å². The summed E-state index contributed by atoms with van der Waals surface area (Å²) in [7, 11) is 1.49. The average Bonchev–Trinajstić information content (AvgIpc) is 2.78. The van der Waals surface area contributed by atoms with Crippen LogP contribution in [-0.2, 0) is 0 Å². The molecule has 4 N–H and O–H groups in total. The molecular weight excluding hydrogens is 384 g/mol. The highest BCUT2D eigenvalue weighted by atomic mass is 16.5. The Morgan fingerprint density at radius 3 is 2.63 bits per heavy atom. The second-order valence-corrected chi connectivity index (χ2v) is 6.64. The second kappa shape index (κ2) is 9.71. The largest absolute Gasteiger partial charge is 0.504 e. The molecule has 30 heavy (non-hydrogen) atoms. The molecule has 8 nitrogen and oxygen atoms in total. The lowest BCUT2D eigenvalue weighted by atomic mass is 10.1. The minimum absolute atomic E-state index is 0.0607. The van der Waals surface area contributed by atoms with Gasteiger partial charge in [0.05, 0.1) is 31.8 Å². The number of anilines is 1. The van der Waals surface area contributed by atoms with Crippen molar-refractivity contribution in [2.24, 2.45) is 0 Å². The van der Waals surface area contributed by atoms with Gasteiger partial charge in [-0.25, -0.2) is 4.98 Å². The van der Waals surface area contributed by atoms with Crippen molar-refractivity contribution in [2.45, 2.75) is 13.0 Å². The summed E-state index contributed by atoms with van der Waals surface area (Å²) >= 11 is 0. The van der Waals surface area contributed by atoms with E-state index in [0.717, 1.165) is 11.1 Å². The van der Waals surface area contributed by atoms with Crippen molar-refractivity contribution >= 4 is 11.7 Å². The van der Waals surface area contributed by atoms with Crippen LogP contribution in [0.1, 0.15) is 28.9 Å². The number of hydrogen-bond donors (Lipinski definition) is 4. The molecule has 3 rings (SSSR count). The van der Waals surface area contributed by atoms with Crippen molar-refractivity contribution in [1.29, 1.82) is 0 Å². The average molecular weight is 408 g/mol. The van der Waals surface area contributed by atoms with Crippen LogP contribution in [0.4, 0.5) is 5.82 Å². The lowest BCUT2D eigenvalue weighted by molar-refractivity contribution is 0.0944. The molecule has 1 amide bonds. The summed E-state index contributed by atoms with van der Waals surface area (Å²) in [5, 5.41) is 24.5. The third kappa shape index (κ3) is 5.03.